The Labute approximate surface area is 87.3 Å². The fourth-order valence-electron chi connectivity index (χ4n) is 1.21. The summed E-state index contributed by atoms with van der Waals surface area (Å²) in [7, 11) is 0. The number of carboxylic acid groups (broad SMARTS) is 1. The largest absolute Gasteiger partial charge is 0.508 e. The molecule has 0 heterocycles. The molecule has 82 valence electrons. The highest BCUT2D eigenvalue weighted by molar-refractivity contribution is 5.74. The number of carbonyl (C=O) groups is 1. The molecule has 0 saturated heterocycles. The van der Waals surface area contributed by atoms with Crippen molar-refractivity contribution in [3.05, 3.63) is 29.8 Å². The van der Waals surface area contributed by atoms with Gasteiger partial charge >= 0.3 is 5.97 Å². The highest BCUT2D eigenvalue weighted by atomic mass is 16.4. The molecule has 2 atom stereocenters. The van der Waals surface area contributed by atoms with Gasteiger partial charge in [-0.2, -0.15) is 0 Å². The molecule has 5 nitrogen and oxygen atoms in total. The van der Waals surface area contributed by atoms with E-state index in [4.69, 9.17) is 21.7 Å². The van der Waals surface area contributed by atoms with Crippen molar-refractivity contribution >= 4 is 5.97 Å². The van der Waals surface area contributed by atoms with E-state index in [0.717, 1.165) is 5.56 Å². The first-order valence-electron chi connectivity index (χ1n) is 4.52. The van der Waals surface area contributed by atoms with Crippen LogP contribution in [0.3, 0.4) is 0 Å². The number of rotatable bonds is 4. The van der Waals surface area contributed by atoms with E-state index >= 15 is 0 Å². The average molecular weight is 210 g/mol. The van der Waals surface area contributed by atoms with E-state index in [1.165, 1.54) is 12.1 Å². The Balaban J connectivity index is 2.62. The molecule has 0 saturated carbocycles. The van der Waals surface area contributed by atoms with Crippen molar-refractivity contribution in [2.75, 3.05) is 0 Å². The quantitative estimate of drug-likeness (QED) is 0.544. The summed E-state index contributed by atoms with van der Waals surface area (Å²) in [6.07, 6.45) is 0.369. The molecule has 15 heavy (non-hydrogen) atoms. The van der Waals surface area contributed by atoms with Gasteiger partial charge in [0.1, 0.15) is 11.8 Å². The minimum atomic E-state index is -1.11. The topological polar surface area (TPSA) is 110 Å². The van der Waals surface area contributed by atoms with Crippen molar-refractivity contribution in [3.8, 4) is 5.75 Å². The highest BCUT2D eigenvalue weighted by Gasteiger charge is 2.20. The van der Waals surface area contributed by atoms with Crippen molar-refractivity contribution in [3.63, 3.8) is 0 Å². The third-order valence-electron chi connectivity index (χ3n) is 2.15. The number of phenolic OH excluding ortho intramolecular Hbond substituents is 1. The number of carboxylic acids is 1. The Morgan fingerprint density at radius 3 is 2.27 bits per heavy atom. The molecule has 0 aliphatic heterocycles. The van der Waals surface area contributed by atoms with E-state index in [9.17, 15) is 4.79 Å². The lowest BCUT2D eigenvalue weighted by Crippen LogP contribution is -2.48. The van der Waals surface area contributed by atoms with Gasteiger partial charge in [-0.15, -0.1) is 0 Å². The van der Waals surface area contributed by atoms with Crippen LogP contribution < -0.4 is 11.5 Å². The predicted molar refractivity (Wildman–Crippen MR) is 55.4 cm³/mol. The molecule has 0 bridgehead atoms. The van der Waals surface area contributed by atoms with E-state index in [0.29, 0.717) is 6.42 Å². The fourth-order valence-corrected chi connectivity index (χ4v) is 1.21. The lowest BCUT2D eigenvalue weighted by atomic mass is 10.0. The number of hydrogen-bond donors (Lipinski definition) is 4. The molecule has 0 fully saturated rings. The zero-order chi connectivity index (χ0) is 11.4. The molecule has 2 unspecified atom stereocenters. The fraction of sp³-hybridized carbons (Fsp3) is 0.300. The van der Waals surface area contributed by atoms with Crippen LogP contribution in [0.25, 0.3) is 0 Å². The van der Waals surface area contributed by atoms with Crippen molar-refractivity contribution in [2.24, 2.45) is 11.5 Å². The van der Waals surface area contributed by atoms with E-state index in [1.807, 2.05) is 0 Å². The van der Waals surface area contributed by atoms with Crippen LogP contribution >= 0.6 is 0 Å². The van der Waals surface area contributed by atoms with Crippen molar-refractivity contribution in [1.29, 1.82) is 0 Å². The van der Waals surface area contributed by atoms with Crippen LogP contribution in [0.2, 0.25) is 0 Å². The van der Waals surface area contributed by atoms with Crippen molar-refractivity contribution in [1.82, 2.24) is 0 Å². The van der Waals surface area contributed by atoms with Crippen LogP contribution in [0.5, 0.6) is 5.75 Å². The Morgan fingerprint density at radius 2 is 1.80 bits per heavy atom. The second-order valence-corrected chi connectivity index (χ2v) is 3.40. The van der Waals surface area contributed by atoms with Crippen LogP contribution in [0.1, 0.15) is 5.56 Å². The van der Waals surface area contributed by atoms with E-state index in [2.05, 4.69) is 0 Å². The van der Waals surface area contributed by atoms with Gasteiger partial charge in [0, 0.05) is 6.04 Å². The zero-order valence-corrected chi connectivity index (χ0v) is 8.13. The molecule has 1 aromatic carbocycles. The van der Waals surface area contributed by atoms with E-state index < -0.39 is 18.1 Å². The second kappa shape index (κ2) is 4.77. The summed E-state index contributed by atoms with van der Waals surface area (Å²) < 4.78 is 0. The third kappa shape index (κ3) is 3.23. The zero-order valence-electron chi connectivity index (χ0n) is 8.13. The maximum Gasteiger partial charge on any atom is 0.322 e. The van der Waals surface area contributed by atoms with Crippen LogP contribution in [0.4, 0.5) is 0 Å². The minimum Gasteiger partial charge on any atom is -0.508 e. The van der Waals surface area contributed by atoms with Gasteiger partial charge < -0.3 is 21.7 Å². The Hall–Kier alpha value is -1.59. The standard InChI is InChI=1S/C10H14N2O3/c11-8(9(12)10(14)15)5-6-1-3-7(13)4-2-6/h1-4,8-9,13H,5,11-12H2,(H,14,15). The van der Waals surface area contributed by atoms with Crippen LogP contribution in [-0.2, 0) is 11.2 Å². The lowest BCUT2D eigenvalue weighted by molar-refractivity contribution is -0.139. The van der Waals surface area contributed by atoms with Crippen molar-refractivity contribution in [2.45, 2.75) is 18.5 Å². The number of nitrogens with two attached hydrogens (primary N) is 2. The molecule has 1 aromatic rings. The summed E-state index contributed by atoms with van der Waals surface area (Å²) in [6.45, 7) is 0. The molecule has 0 aliphatic carbocycles. The maximum atomic E-state index is 10.5. The Morgan fingerprint density at radius 1 is 1.27 bits per heavy atom. The van der Waals surface area contributed by atoms with Gasteiger partial charge in [0.25, 0.3) is 0 Å². The van der Waals surface area contributed by atoms with Gasteiger partial charge in [-0.05, 0) is 24.1 Å². The van der Waals surface area contributed by atoms with Gasteiger partial charge in [0.05, 0.1) is 0 Å². The molecule has 0 spiro atoms. The summed E-state index contributed by atoms with van der Waals surface area (Å²) >= 11 is 0. The minimum absolute atomic E-state index is 0.162. The smallest absolute Gasteiger partial charge is 0.322 e. The summed E-state index contributed by atoms with van der Waals surface area (Å²) in [4.78, 5) is 10.5. The molecular weight excluding hydrogens is 196 g/mol. The number of hydrogen-bond acceptors (Lipinski definition) is 4. The predicted octanol–water partition coefficient (Wildman–Crippen LogP) is -0.326. The van der Waals surface area contributed by atoms with E-state index in [-0.39, 0.29) is 5.75 Å². The first-order valence-corrected chi connectivity index (χ1v) is 4.52. The van der Waals surface area contributed by atoms with Crippen LogP contribution in [-0.4, -0.2) is 28.3 Å². The number of phenols is 1. The van der Waals surface area contributed by atoms with E-state index in [1.54, 1.807) is 12.1 Å². The number of aromatic hydroxyl groups is 1. The maximum absolute atomic E-state index is 10.5. The third-order valence-corrected chi connectivity index (χ3v) is 2.15. The molecule has 0 radical (unpaired) electrons. The summed E-state index contributed by atoms with van der Waals surface area (Å²) in [5.41, 5.74) is 11.8. The average Bonchev–Trinajstić information content (AvgIpc) is 2.20. The molecule has 0 aliphatic rings. The molecule has 0 aromatic heterocycles. The SMILES string of the molecule is NC(Cc1ccc(O)cc1)C(N)C(=O)O. The summed E-state index contributed by atoms with van der Waals surface area (Å²) in [5, 5.41) is 17.7. The Kier molecular flexibility index (Phi) is 3.65. The monoisotopic (exact) mass is 210 g/mol. The molecule has 1 rings (SSSR count). The lowest BCUT2D eigenvalue weighted by Gasteiger charge is -2.15. The molecule has 5 heteroatoms. The van der Waals surface area contributed by atoms with Gasteiger partial charge in [-0.3, -0.25) is 4.79 Å². The molecule has 0 amide bonds. The normalized spacial score (nSPS) is 14.5. The molecular formula is C10H14N2O3. The highest BCUT2D eigenvalue weighted by Crippen LogP contribution is 2.11. The summed E-state index contributed by atoms with van der Waals surface area (Å²) in [6, 6.07) is 4.71. The first kappa shape index (κ1) is 11.5. The van der Waals surface area contributed by atoms with Crippen molar-refractivity contribution < 1.29 is 15.0 Å². The number of benzene rings is 1. The van der Waals surface area contributed by atoms with Crippen LogP contribution in [0, 0.1) is 0 Å². The first-order chi connectivity index (χ1) is 7.00. The van der Waals surface area contributed by atoms with Gasteiger partial charge in [-0.25, -0.2) is 0 Å². The molecule has 6 N–H and O–H groups in total. The Bertz CT molecular complexity index is 337. The second-order valence-electron chi connectivity index (χ2n) is 3.40. The van der Waals surface area contributed by atoms with Gasteiger partial charge in [0.2, 0.25) is 0 Å². The van der Waals surface area contributed by atoms with Crippen LogP contribution in [0.15, 0.2) is 24.3 Å². The number of aliphatic carboxylic acids is 1. The summed E-state index contributed by atoms with van der Waals surface area (Å²) in [5.74, 6) is -0.948. The van der Waals surface area contributed by atoms with Gasteiger partial charge in [0.15, 0.2) is 0 Å². The van der Waals surface area contributed by atoms with Gasteiger partial charge in [-0.1, -0.05) is 12.1 Å².